The van der Waals surface area contributed by atoms with Crippen LogP contribution in [0.1, 0.15) is 22.3 Å². The number of imidazole rings is 1. The molecule has 11 aromatic carbocycles. The topological polar surface area (TPSA) is 17.3 Å². The van der Waals surface area contributed by atoms with E-state index in [0.717, 1.165) is 27.9 Å². The molecule has 320 valence electrons. The zero-order chi connectivity index (χ0) is 45.2. The van der Waals surface area contributed by atoms with Crippen LogP contribution in [0.3, 0.4) is 0 Å². The van der Waals surface area contributed by atoms with E-state index in [-0.39, 0.29) is 0 Å². The minimum Gasteiger partial charge on any atom is -0.291 e. The Labute approximate surface area is 402 Å². The third-order valence-corrected chi connectivity index (χ3v) is 16.2. The summed E-state index contributed by atoms with van der Waals surface area (Å²) in [6.45, 7) is 0. The number of nitrogens with zero attached hydrogens (tertiary/aromatic N) is 2. The van der Waals surface area contributed by atoms with Crippen molar-refractivity contribution in [2.75, 3.05) is 0 Å². The minimum absolute atomic E-state index is 0.474. The van der Waals surface area contributed by atoms with Crippen LogP contribution in [-0.2, 0) is 5.41 Å². The number of pyridine rings is 1. The average molecular weight is 893 g/mol. The predicted octanol–water partition coefficient (Wildman–Crippen LogP) is 17.7. The second-order valence-corrected chi connectivity index (χ2v) is 19.7. The zero-order valence-electron chi connectivity index (χ0n) is 37.4. The second kappa shape index (κ2) is 14.7. The van der Waals surface area contributed by atoms with Crippen molar-refractivity contribution in [2.24, 2.45) is 0 Å². The van der Waals surface area contributed by atoms with E-state index in [4.69, 9.17) is 4.98 Å². The van der Waals surface area contributed by atoms with Crippen molar-refractivity contribution < 1.29 is 0 Å². The van der Waals surface area contributed by atoms with Crippen LogP contribution in [0.25, 0.3) is 114 Å². The van der Waals surface area contributed by atoms with Crippen molar-refractivity contribution in [1.29, 1.82) is 0 Å². The first-order chi connectivity index (χ1) is 34.2. The van der Waals surface area contributed by atoms with Crippen molar-refractivity contribution in [1.82, 2.24) is 9.38 Å². The maximum atomic E-state index is 5.48. The average Bonchev–Trinajstić information content (AvgIpc) is 4.09. The smallest absolute Gasteiger partial charge is 0.156 e. The van der Waals surface area contributed by atoms with Gasteiger partial charge in [0.2, 0.25) is 0 Å². The summed E-state index contributed by atoms with van der Waals surface area (Å²) in [7, 11) is 0. The molecule has 0 N–H and O–H groups in total. The number of rotatable bonds is 5. The lowest BCUT2D eigenvalue weighted by Crippen LogP contribution is -2.29. The van der Waals surface area contributed by atoms with Crippen LogP contribution < -0.4 is 0 Å². The van der Waals surface area contributed by atoms with Gasteiger partial charge in [0.15, 0.2) is 5.65 Å². The number of fused-ring (bicyclic) bond motifs is 14. The molecule has 14 aromatic rings. The summed E-state index contributed by atoms with van der Waals surface area (Å²) in [5, 5.41) is 9.98. The molecule has 0 unspecified atom stereocenters. The summed E-state index contributed by atoms with van der Waals surface area (Å²) in [5.41, 5.74) is 17.5. The van der Waals surface area contributed by atoms with E-state index in [1.165, 1.54) is 108 Å². The molecule has 0 saturated heterocycles. The van der Waals surface area contributed by atoms with Gasteiger partial charge in [-0.1, -0.05) is 206 Å². The van der Waals surface area contributed by atoms with E-state index in [0.29, 0.717) is 0 Å². The van der Waals surface area contributed by atoms with Gasteiger partial charge in [-0.2, -0.15) is 0 Å². The van der Waals surface area contributed by atoms with Crippen LogP contribution >= 0.6 is 11.3 Å². The number of aromatic nitrogens is 2. The second-order valence-electron chi connectivity index (χ2n) is 18.6. The normalized spacial score (nSPS) is 13.0. The Morgan fingerprint density at radius 3 is 1.70 bits per heavy atom. The highest BCUT2D eigenvalue weighted by molar-refractivity contribution is 7.26. The van der Waals surface area contributed by atoms with Gasteiger partial charge < -0.3 is 0 Å². The van der Waals surface area contributed by atoms with Crippen molar-refractivity contribution >= 4 is 80.5 Å². The molecule has 0 atom stereocenters. The van der Waals surface area contributed by atoms with Gasteiger partial charge in [-0.05, 0) is 130 Å². The minimum atomic E-state index is -0.474. The van der Waals surface area contributed by atoms with Crippen LogP contribution in [0.4, 0.5) is 0 Å². The molecule has 3 aromatic heterocycles. The van der Waals surface area contributed by atoms with E-state index < -0.39 is 5.41 Å². The van der Waals surface area contributed by atoms with Gasteiger partial charge in [0.1, 0.15) is 0 Å². The molecule has 0 aliphatic heterocycles. The Hall–Kier alpha value is -8.63. The van der Waals surface area contributed by atoms with Gasteiger partial charge in [0.05, 0.1) is 26.8 Å². The van der Waals surface area contributed by atoms with Crippen LogP contribution in [-0.4, -0.2) is 9.38 Å². The molecule has 0 saturated carbocycles. The quantitative estimate of drug-likeness (QED) is 0.157. The summed E-state index contributed by atoms with van der Waals surface area (Å²) in [4.78, 5) is 5.48. The lowest BCUT2D eigenvalue weighted by molar-refractivity contribution is 0.770. The fourth-order valence-electron chi connectivity index (χ4n) is 11.9. The largest absolute Gasteiger partial charge is 0.291 e. The van der Waals surface area contributed by atoms with Gasteiger partial charge >= 0.3 is 0 Å². The van der Waals surface area contributed by atoms with Crippen molar-refractivity contribution in [3.05, 3.63) is 265 Å². The van der Waals surface area contributed by atoms with Gasteiger partial charge in [-0.3, -0.25) is 4.40 Å². The molecule has 3 heterocycles. The van der Waals surface area contributed by atoms with Crippen molar-refractivity contribution in [3.8, 4) is 44.6 Å². The summed E-state index contributed by atoms with van der Waals surface area (Å²) in [6, 6.07) is 90.0. The highest BCUT2D eigenvalue weighted by Crippen LogP contribution is 2.58. The highest BCUT2D eigenvalue weighted by Gasteiger charge is 2.47. The molecular weight excluding hydrogens is 853 g/mol. The van der Waals surface area contributed by atoms with Crippen LogP contribution in [0.15, 0.2) is 243 Å². The number of benzene rings is 11. The number of hydrogen-bond acceptors (Lipinski definition) is 2. The lowest BCUT2D eigenvalue weighted by atomic mass is 9.66. The summed E-state index contributed by atoms with van der Waals surface area (Å²) in [5.74, 6) is 0. The third kappa shape index (κ3) is 5.57. The number of thiophene rings is 1. The fourth-order valence-corrected chi connectivity index (χ4v) is 13.1. The first-order valence-electron chi connectivity index (χ1n) is 23.8. The third-order valence-electron chi connectivity index (χ3n) is 15.0. The summed E-state index contributed by atoms with van der Waals surface area (Å²) < 4.78 is 4.90. The molecule has 0 radical (unpaired) electrons. The Balaban J connectivity index is 0.879. The monoisotopic (exact) mass is 892 g/mol. The van der Waals surface area contributed by atoms with E-state index in [1.807, 2.05) is 11.3 Å². The zero-order valence-corrected chi connectivity index (χ0v) is 38.2. The first-order valence-corrected chi connectivity index (χ1v) is 24.6. The predicted molar refractivity (Wildman–Crippen MR) is 292 cm³/mol. The Morgan fingerprint density at radius 1 is 0.391 bits per heavy atom. The Kier molecular flexibility index (Phi) is 8.19. The molecule has 0 spiro atoms. The first kappa shape index (κ1) is 38.5. The number of hydrogen-bond donors (Lipinski definition) is 0. The molecular formula is C66H40N2S. The molecule has 1 aliphatic rings. The molecule has 2 nitrogen and oxygen atoms in total. The van der Waals surface area contributed by atoms with E-state index in [9.17, 15) is 0 Å². The molecule has 0 amide bonds. The van der Waals surface area contributed by atoms with Crippen LogP contribution in [0, 0.1) is 0 Å². The Bertz CT molecular complexity index is 4350. The van der Waals surface area contributed by atoms with Gasteiger partial charge in [0, 0.05) is 15.5 Å². The van der Waals surface area contributed by atoms with Gasteiger partial charge in [-0.25, -0.2) is 4.98 Å². The molecule has 3 heteroatoms. The maximum Gasteiger partial charge on any atom is 0.156 e. The summed E-state index contributed by atoms with van der Waals surface area (Å²) >= 11 is 1.85. The maximum absolute atomic E-state index is 5.48. The highest BCUT2D eigenvalue weighted by atomic mass is 32.1. The SMILES string of the molecule is c1ccc(C2(c3ccccc3)c3ccccc3-c3cccc(-c4ccc(-c5ccc(-c6cc7c(sc8ccc9ccccc9c87)c7nc8cc9cc%10ccccc%10cc9cc8n67)cc5)cc4)c32)cc1. The van der Waals surface area contributed by atoms with E-state index >= 15 is 0 Å². The Morgan fingerprint density at radius 2 is 0.971 bits per heavy atom. The van der Waals surface area contributed by atoms with Gasteiger partial charge in [0.25, 0.3) is 0 Å². The van der Waals surface area contributed by atoms with Crippen LogP contribution in [0.5, 0.6) is 0 Å². The molecule has 0 bridgehead atoms. The lowest BCUT2D eigenvalue weighted by Gasteiger charge is -2.35. The standard InChI is InChI=1S/C66H40N2S/c1-3-17-50(18-4-1)66(51-19-5-2-6-20-51)57-25-12-11-22-54(57)55-24-13-23-53(63(55)66)44-30-26-41(27-31-44)42-28-32-45(33-29-42)59-40-56-62-52-21-10-9-14-43(52)34-35-61(62)69-64(56)65-67-58-38-48-36-46-15-7-8-16-47(46)37-49(48)39-60(58)68(59)65/h1-40H. The van der Waals surface area contributed by atoms with Crippen LogP contribution in [0.2, 0.25) is 0 Å². The van der Waals surface area contributed by atoms with Crippen molar-refractivity contribution in [2.45, 2.75) is 5.41 Å². The van der Waals surface area contributed by atoms with E-state index in [1.54, 1.807) is 0 Å². The van der Waals surface area contributed by atoms with Crippen molar-refractivity contribution in [3.63, 3.8) is 0 Å². The van der Waals surface area contributed by atoms with Gasteiger partial charge in [-0.15, -0.1) is 11.3 Å². The molecule has 15 rings (SSSR count). The molecule has 0 fully saturated rings. The fraction of sp³-hybridized carbons (Fsp3) is 0.0152. The molecule has 1 aliphatic carbocycles. The molecule has 69 heavy (non-hydrogen) atoms. The van der Waals surface area contributed by atoms with E-state index in [2.05, 4.69) is 247 Å². The summed E-state index contributed by atoms with van der Waals surface area (Å²) in [6.07, 6.45) is 0.